The van der Waals surface area contributed by atoms with E-state index in [1.165, 1.54) is 170 Å². The van der Waals surface area contributed by atoms with Gasteiger partial charge in [-0.2, -0.15) is 0 Å². The summed E-state index contributed by atoms with van der Waals surface area (Å²) in [5.41, 5.74) is 4.42. The largest absolute Gasteiger partial charge is 0.261 e. The second-order valence-electron chi connectivity index (χ2n) is 15.0. The third-order valence-corrected chi connectivity index (χ3v) is 10.6. The molecular weight excluding hydrogens is 581 g/mol. The van der Waals surface area contributed by atoms with Gasteiger partial charge in [0.2, 0.25) is 0 Å². The average Bonchev–Trinajstić information content (AvgIpc) is 3.42. The maximum Gasteiger partial charge on any atom is 0.261 e. The van der Waals surface area contributed by atoms with Gasteiger partial charge >= 0.3 is 0 Å². The van der Waals surface area contributed by atoms with Gasteiger partial charge in [-0.05, 0) is 42.7 Å². The summed E-state index contributed by atoms with van der Waals surface area (Å²) in [4.78, 5) is 0. The fourth-order valence-electron chi connectivity index (χ4n) is 7.52. The lowest BCUT2D eigenvalue weighted by Crippen LogP contribution is -2.37. The van der Waals surface area contributed by atoms with Gasteiger partial charge in [0.15, 0.2) is 0 Å². The van der Waals surface area contributed by atoms with Gasteiger partial charge in [-0.3, -0.25) is 0 Å². The van der Waals surface area contributed by atoms with Crippen LogP contribution in [0.1, 0.15) is 197 Å². The zero-order chi connectivity index (χ0) is 33.9. The van der Waals surface area contributed by atoms with Crippen LogP contribution >= 0.6 is 0 Å². The highest BCUT2D eigenvalue weighted by molar-refractivity contribution is 5.22. The molecule has 0 saturated carbocycles. The molecule has 0 bridgehead atoms. The van der Waals surface area contributed by atoms with E-state index in [9.17, 15) is 0 Å². The zero-order valence-electron chi connectivity index (χ0n) is 31.9. The summed E-state index contributed by atoms with van der Waals surface area (Å²) in [5.74, 6) is 2.04. The average molecular weight is 656 g/mol. The molecule has 3 rings (SSSR count). The Hall–Kier alpha value is -2.35. The van der Waals surface area contributed by atoms with Crippen molar-refractivity contribution in [2.24, 2.45) is 0 Å². The minimum absolute atomic E-state index is 0.516. The molecule has 0 aliphatic carbocycles. The lowest BCUT2D eigenvalue weighted by atomic mass is 9.96. The van der Waals surface area contributed by atoms with Crippen LogP contribution in [-0.2, 0) is 25.9 Å². The first-order chi connectivity index (χ1) is 23.7. The molecule has 2 heteroatoms. The molecule has 1 atom stereocenters. The van der Waals surface area contributed by atoms with Gasteiger partial charge in [0, 0.05) is 6.42 Å². The highest BCUT2D eigenvalue weighted by atomic mass is 15.2. The maximum atomic E-state index is 2.75. The van der Waals surface area contributed by atoms with Crippen molar-refractivity contribution in [2.75, 3.05) is 0 Å². The number of hydrogen-bond acceptors (Lipinski definition) is 0. The Bertz CT molecular complexity index is 1150. The highest BCUT2D eigenvalue weighted by Crippen LogP contribution is 2.23. The molecule has 268 valence electrons. The molecule has 3 aromatic rings. The molecule has 0 saturated heterocycles. The molecule has 48 heavy (non-hydrogen) atoms. The van der Waals surface area contributed by atoms with Gasteiger partial charge in [-0.25, -0.2) is 9.13 Å². The Morgan fingerprint density at radius 2 is 0.958 bits per heavy atom. The molecule has 0 N–H and O–H groups in total. The lowest BCUT2D eigenvalue weighted by molar-refractivity contribution is -0.704. The van der Waals surface area contributed by atoms with Crippen molar-refractivity contribution in [3.8, 4) is 0 Å². The summed E-state index contributed by atoms with van der Waals surface area (Å²) < 4.78 is 5.41. The van der Waals surface area contributed by atoms with E-state index in [1.807, 2.05) is 0 Å². The Labute approximate surface area is 298 Å². The first-order valence-corrected chi connectivity index (χ1v) is 20.9. The first-order valence-electron chi connectivity index (χ1n) is 20.9. The minimum Gasteiger partial charge on any atom is -0.234 e. The van der Waals surface area contributed by atoms with Crippen molar-refractivity contribution in [3.05, 3.63) is 89.5 Å². The maximum absolute atomic E-state index is 2.75. The van der Waals surface area contributed by atoms with Crippen molar-refractivity contribution in [3.63, 3.8) is 0 Å². The number of rotatable bonds is 30. The molecule has 1 aromatic heterocycles. The number of benzene rings is 2. The van der Waals surface area contributed by atoms with Crippen LogP contribution in [0.4, 0.5) is 0 Å². The molecule has 2 nitrogen and oxygen atoms in total. The van der Waals surface area contributed by atoms with E-state index in [0.29, 0.717) is 5.92 Å². The molecular formula is C46H75N2+. The van der Waals surface area contributed by atoms with Crippen LogP contribution in [0, 0.1) is 0 Å². The second-order valence-corrected chi connectivity index (χ2v) is 15.0. The van der Waals surface area contributed by atoms with Crippen molar-refractivity contribution < 1.29 is 4.57 Å². The van der Waals surface area contributed by atoms with Crippen LogP contribution < -0.4 is 4.57 Å². The molecule has 1 heterocycles. The molecule has 0 spiro atoms. The third-order valence-electron chi connectivity index (χ3n) is 10.6. The highest BCUT2D eigenvalue weighted by Gasteiger charge is 2.25. The van der Waals surface area contributed by atoms with Crippen LogP contribution in [-0.4, -0.2) is 4.57 Å². The van der Waals surface area contributed by atoms with Crippen LogP contribution in [0.2, 0.25) is 0 Å². The van der Waals surface area contributed by atoms with Gasteiger partial charge in [-0.1, -0.05) is 203 Å². The van der Waals surface area contributed by atoms with Crippen molar-refractivity contribution in [1.82, 2.24) is 4.57 Å². The second kappa shape index (κ2) is 26.5. The van der Waals surface area contributed by atoms with Gasteiger partial charge in [0.25, 0.3) is 5.82 Å². The Morgan fingerprint density at radius 3 is 1.46 bits per heavy atom. The molecule has 0 fully saturated rings. The van der Waals surface area contributed by atoms with E-state index in [2.05, 4.69) is 96.8 Å². The molecule has 2 aromatic carbocycles. The van der Waals surface area contributed by atoms with Gasteiger partial charge < -0.3 is 0 Å². The number of nitrogens with zero attached hydrogens (tertiary/aromatic N) is 2. The van der Waals surface area contributed by atoms with E-state index in [4.69, 9.17) is 0 Å². The Kier molecular flexibility index (Phi) is 22.1. The first kappa shape index (κ1) is 40.1. The summed E-state index contributed by atoms with van der Waals surface area (Å²) in [7, 11) is 0. The molecule has 0 aliphatic rings. The predicted octanol–water partition coefficient (Wildman–Crippen LogP) is 13.7. The summed E-state index contributed by atoms with van der Waals surface area (Å²) in [6.45, 7) is 9.34. The standard InChI is InChI=1S/C46H75N2/c1-4-6-8-10-12-14-16-17-18-19-21-23-31-37-47-41-45(39-42(3)44-35-29-26-30-36-44)48(46(47)40-43-33-27-25-28-34-43)38-32-24-22-20-15-13-11-9-7-5-2/h25-30,33-36,41-42H,4-24,31-32,37-40H2,1-3H3/q+1. The number of aryl methyl sites for hydroxylation is 1. The monoisotopic (exact) mass is 656 g/mol. The van der Waals surface area contributed by atoms with Gasteiger partial charge in [0.1, 0.15) is 11.9 Å². The van der Waals surface area contributed by atoms with E-state index in [-0.39, 0.29) is 0 Å². The van der Waals surface area contributed by atoms with Crippen LogP contribution in [0.25, 0.3) is 0 Å². The number of imidazole rings is 1. The fraction of sp³-hybridized carbons (Fsp3) is 0.674. The number of unbranched alkanes of at least 4 members (excludes halogenated alkanes) is 21. The number of hydrogen-bond donors (Lipinski definition) is 0. The Morgan fingerprint density at radius 1 is 0.521 bits per heavy atom. The molecule has 0 radical (unpaired) electrons. The fourth-order valence-corrected chi connectivity index (χ4v) is 7.52. The van der Waals surface area contributed by atoms with Crippen molar-refractivity contribution in [2.45, 2.75) is 200 Å². The van der Waals surface area contributed by atoms with Crippen LogP contribution in [0.5, 0.6) is 0 Å². The quantitative estimate of drug-likeness (QED) is 0.0499. The predicted molar refractivity (Wildman–Crippen MR) is 210 cm³/mol. The van der Waals surface area contributed by atoms with Crippen LogP contribution in [0.15, 0.2) is 66.9 Å². The smallest absolute Gasteiger partial charge is 0.234 e. The topological polar surface area (TPSA) is 8.81 Å². The molecule has 1 unspecified atom stereocenters. The van der Waals surface area contributed by atoms with E-state index < -0.39 is 0 Å². The summed E-state index contributed by atoms with van der Waals surface area (Å²) >= 11 is 0. The Balaban J connectivity index is 1.58. The van der Waals surface area contributed by atoms with Gasteiger partial charge in [0.05, 0.1) is 19.5 Å². The number of aromatic nitrogens is 2. The molecule has 0 aliphatic heterocycles. The zero-order valence-corrected chi connectivity index (χ0v) is 31.9. The lowest BCUT2D eigenvalue weighted by Gasteiger charge is -2.12. The SMILES string of the molecule is CCCCCCCCCCCCCCC[n+]1cc(CC(C)c2ccccc2)n(CCCCCCCCCCCC)c1Cc1ccccc1. The summed E-state index contributed by atoms with van der Waals surface area (Å²) in [6.07, 6.45) is 36.9. The summed E-state index contributed by atoms with van der Waals surface area (Å²) in [5, 5.41) is 0. The van der Waals surface area contributed by atoms with Crippen LogP contribution in [0.3, 0.4) is 0 Å². The van der Waals surface area contributed by atoms with Gasteiger partial charge in [-0.15, -0.1) is 0 Å². The van der Waals surface area contributed by atoms with E-state index in [0.717, 1.165) is 25.9 Å². The van der Waals surface area contributed by atoms with Crippen molar-refractivity contribution >= 4 is 0 Å². The van der Waals surface area contributed by atoms with E-state index >= 15 is 0 Å². The normalized spacial score (nSPS) is 12.1. The summed E-state index contributed by atoms with van der Waals surface area (Å²) in [6, 6.07) is 22.4. The minimum atomic E-state index is 0.516. The molecule has 0 amide bonds. The van der Waals surface area contributed by atoms with Crippen molar-refractivity contribution in [1.29, 1.82) is 0 Å². The van der Waals surface area contributed by atoms with E-state index in [1.54, 1.807) is 0 Å². The third kappa shape index (κ3) is 16.8.